The molecule has 2 heterocycles. The summed E-state index contributed by atoms with van der Waals surface area (Å²) in [5.74, 6) is 1.78. The van der Waals surface area contributed by atoms with Gasteiger partial charge in [-0.05, 0) is 25.3 Å². The van der Waals surface area contributed by atoms with Gasteiger partial charge in [-0.1, -0.05) is 13.8 Å². The van der Waals surface area contributed by atoms with Gasteiger partial charge in [0.25, 0.3) is 0 Å². The van der Waals surface area contributed by atoms with Gasteiger partial charge in [0.1, 0.15) is 0 Å². The Bertz CT molecular complexity index is 485. The molecule has 6 nitrogen and oxygen atoms in total. The highest BCUT2D eigenvalue weighted by atomic mass is 15.3. The van der Waals surface area contributed by atoms with Crippen LogP contribution in [0.25, 0.3) is 0 Å². The Kier molecular flexibility index (Phi) is 6.89. The van der Waals surface area contributed by atoms with Crippen molar-refractivity contribution < 1.29 is 0 Å². The molecule has 2 rings (SSSR count). The summed E-state index contributed by atoms with van der Waals surface area (Å²) in [7, 11) is 0. The summed E-state index contributed by atoms with van der Waals surface area (Å²) in [6.07, 6.45) is 3.95. The number of rotatable bonds is 6. The number of piperazine rings is 1. The van der Waals surface area contributed by atoms with E-state index in [1.54, 1.807) is 0 Å². The lowest BCUT2D eigenvalue weighted by Gasteiger charge is -2.37. The first-order valence-corrected chi connectivity index (χ1v) is 8.83. The largest absolute Gasteiger partial charge is 0.357 e. The zero-order chi connectivity index (χ0) is 16.7. The highest BCUT2D eigenvalue weighted by Gasteiger charge is 2.19. The standard InChI is InChI=1S/C17H32N6/c1-5-18-17(19-6-7-23-14-16(4)12-20-23)22-10-8-21(9-11-22)13-15(2)3/h12,14-15H,5-11,13H2,1-4H3,(H,18,19). The maximum Gasteiger partial charge on any atom is 0.194 e. The summed E-state index contributed by atoms with van der Waals surface area (Å²) in [5, 5.41) is 7.74. The van der Waals surface area contributed by atoms with Gasteiger partial charge in [0.15, 0.2) is 5.96 Å². The molecular formula is C17H32N6. The van der Waals surface area contributed by atoms with Crippen molar-refractivity contribution in [2.45, 2.75) is 34.2 Å². The second-order valence-corrected chi connectivity index (χ2v) is 6.70. The van der Waals surface area contributed by atoms with Crippen LogP contribution in [0.2, 0.25) is 0 Å². The zero-order valence-corrected chi connectivity index (χ0v) is 15.1. The zero-order valence-electron chi connectivity index (χ0n) is 15.1. The summed E-state index contributed by atoms with van der Waals surface area (Å²) in [6.45, 7) is 16.8. The van der Waals surface area contributed by atoms with Crippen molar-refractivity contribution in [2.75, 3.05) is 45.8 Å². The molecule has 0 bridgehead atoms. The molecule has 0 spiro atoms. The van der Waals surface area contributed by atoms with Crippen molar-refractivity contribution in [3.8, 4) is 0 Å². The molecule has 0 amide bonds. The quantitative estimate of drug-likeness (QED) is 0.636. The van der Waals surface area contributed by atoms with Crippen LogP contribution in [0.5, 0.6) is 0 Å². The fraction of sp³-hybridized carbons (Fsp3) is 0.765. The number of nitrogens with one attached hydrogen (secondary N) is 1. The van der Waals surface area contributed by atoms with Crippen molar-refractivity contribution in [2.24, 2.45) is 10.9 Å². The van der Waals surface area contributed by atoms with Crippen LogP contribution in [0.4, 0.5) is 0 Å². The van der Waals surface area contributed by atoms with Crippen molar-refractivity contribution in [1.29, 1.82) is 0 Å². The van der Waals surface area contributed by atoms with Gasteiger partial charge in [0.05, 0.1) is 19.3 Å². The molecule has 1 aromatic rings. The maximum atomic E-state index is 4.78. The molecule has 0 atom stereocenters. The van der Waals surface area contributed by atoms with E-state index in [2.05, 4.69) is 54.1 Å². The number of hydrogen-bond acceptors (Lipinski definition) is 3. The van der Waals surface area contributed by atoms with Crippen LogP contribution in [0, 0.1) is 12.8 Å². The molecule has 0 aliphatic carbocycles. The van der Waals surface area contributed by atoms with Crippen LogP contribution in [0.1, 0.15) is 26.3 Å². The highest BCUT2D eigenvalue weighted by molar-refractivity contribution is 5.80. The Morgan fingerprint density at radius 1 is 1.30 bits per heavy atom. The van der Waals surface area contributed by atoms with Crippen molar-refractivity contribution in [1.82, 2.24) is 24.9 Å². The third-order valence-electron chi connectivity index (χ3n) is 3.98. The van der Waals surface area contributed by atoms with E-state index in [9.17, 15) is 0 Å². The summed E-state index contributed by atoms with van der Waals surface area (Å²) < 4.78 is 1.96. The Labute approximate surface area is 140 Å². The minimum absolute atomic E-state index is 0.737. The molecule has 0 unspecified atom stereocenters. The summed E-state index contributed by atoms with van der Waals surface area (Å²) in [5.41, 5.74) is 1.20. The molecule has 1 fully saturated rings. The normalized spacial score (nSPS) is 17.1. The third kappa shape index (κ3) is 5.86. The van der Waals surface area contributed by atoms with Gasteiger partial charge in [-0.15, -0.1) is 0 Å². The van der Waals surface area contributed by atoms with E-state index in [0.29, 0.717) is 0 Å². The lowest BCUT2D eigenvalue weighted by molar-refractivity contribution is 0.164. The topological polar surface area (TPSA) is 48.7 Å². The fourth-order valence-electron chi connectivity index (χ4n) is 2.93. The molecule has 1 saturated heterocycles. The van der Waals surface area contributed by atoms with E-state index in [4.69, 9.17) is 4.99 Å². The number of hydrogen-bond donors (Lipinski definition) is 1. The molecule has 1 aliphatic heterocycles. The lowest BCUT2D eigenvalue weighted by Crippen LogP contribution is -2.53. The average Bonchev–Trinajstić information content (AvgIpc) is 2.92. The number of guanidine groups is 1. The molecule has 0 saturated carbocycles. The van der Waals surface area contributed by atoms with Gasteiger partial charge in [-0.25, -0.2) is 0 Å². The number of nitrogens with zero attached hydrogens (tertiary/aromatic N) is 5. The lowest BCUT2D eigenvalue weighted by atomic mass is 10.2. The molecule has 1 aromatic heterocycles. The first-order chi connectivity index (χ1) is 11.1. The first-order valence-electron chi connectivity index (χ1n) is 8.83. The van der Waals surface area contributed by atoms with Crippen LogP contribution in [0.15, 0.2) is 17.4 Å². The van der Waals surface area contributed by atoms with Gasteiger partial charge < -0.3 is 10.2 Å². The molecule has 23 heavy (non-hydrogen) atoms. The summed E-state index contributed by atoms with van der Waals surface area (Å²) in [6, 6.07) is 0. The number of aromatic nitrogens is 2. The third-order valence-corrected chi connectivity index (χ3v) is 3.98. The SMILES string of the molecule is CCNC(=NCCn1cc(C)cn1)N1CCN(CC(C)C)CC1. The molecular weight excluding hydrogens is 288 g/mol. The highest BCUT2D eigenvalue weighted by Crippen LogP contribution is 2.05. The predicted molar refractivity (Wildman–Crippen MR) is 95.8 cm³/mol. The van der Waals surface area contributed by atoms with Crippen LogP contribution in [-0.2, 0) is 6.54 Å². The van der Waals surface area contributed by atoms with E-state index in [-0.39, 0.29) is 0 Å². The van der Waals surface area contributed by atoms with Gasteiger partial charge in [-0.2, -0.15) is 5.10 Å². The average molecular weight is 320 g/mol. The van der Waals surface area contributed by atoms with E-state index in [0.717, 1.165) is 57.7 Å². The fourth-order valence-corrected chi connectivity index (χ4v) is 2.93. The summed E-state index contributed by atoms with van der Waals surface area (Å²) >= 11 is 0. The minimum Gasteiger partial charge on any atom is -0.357 e. The minimum atomic E-state index is 0.737. The predicted octanol–water partition coefficient (Wildman–Crippen LogP) is 1.43. The van der Waals surface area contributed by atoms with Crippen LogP contribution in [0.3, 0.4) is 0 Å². The Morgan fingerprint density at radius 2 is 2.04 bits per heavy atom. The van der Waals surface area contributed by atoms with Gasteiger partial charge >= 0.3 is 0 Å². The van der Waals surface area contributed by atoms with E-state index < -0.39 is 0 Å². The first kappa shape index (κ1) is 17.8. The molecule has 6 heteroatoms. The van der Waals surface area contributed by atoms with Crippen LogP contribution in [-0.4, -0.2) is 71.4 Å². The second kappa shape index (κ2) is 8.91. The van der Waals surface area contributed by atoms with Gasteiger partial charge in [-0.3, -0.25) is 14.6 Å². The molecule has 1 aliphatic rings. The smallest absolute Gasteiger partial charge is 0.194 e. The van der Waals surface area contributed by atoms with Crippen molar-refractivity contribution in [3.63, 3.8) is 0 Å². The van der Waals surface area contributed by atoms with Gasteiger partial charge in [0.2, 0.25) is 0 Å². The van der Waals surface area contributed by atoms with Crippen LogP contribution < -0.4 is 5.32 Å². The van der Waals surface area contributed by atoms with E-state index in [1.807, 2.05) is 10.9 Å². The second-order valence-electron chi connectivity index (χ2n) is 6.70. The molecule has 0 radical (unpaired) electrons. The monoisotopic (exact) mass is 320 g/mol. The molecule has 130 valence electrons. The maximum absolute atomic E-state index is 4.78. The number of aliphatic imine (C=N–C) groups is 1. The number of aryl methyl sites for hydroxylation is 1. The van der Waals surface area contributed by atoms with Gasteiger partial charge in [0, 0.05) is 45.5 Å². The van der Waals surface area contributed by atoms with E-state index >= 15 is 0 Å². The van der Waals surface area contributed by atoms with Crippen molar-refractivity contribution >= 4 is 5.96 Å². The van der Waals surface area contributed by atoms with Crippen LogP contribution >= 0.6 is 0 Å². The van der Waals surface area contributed by atoms with E-state index in [1.165, 1.54) is 12.1 Å². The molecule has 1 N–H and O–H groups in total. The Balaban J connectivity index is 1.84. The Hall–Kier alpha value is -1.56. The summed E-state index contributed by atoms with van der Waals surface area (Å²) in [4.78, 5) is 9.72. The van der Waals surface area contributed by atoms with Crippen molar-refractivity contribution in [3.05, 3.63) is 18.0 Å². The Morgan fingerprint density at radius 3 is 2.61 bits per heavy atom. The molecule has 0 aromatic carbocycles.